The summed E-state index contributed by atoms with van der Waals surface area (Å²) in [6, 6.07) is 10.9. The van der Waals surface area contributed by atoms with Crippen LogP contribution in [0.3, 0.4) is 0 Å². The third-order valence-corrected chi connectivity index (χ3v) is 9.35. The van der Waals surface area contributed by atoms with Gasteiger partial charge in [-0.25, -0.2) is 0 Å². The van der Waals surface area contributed by atoms with E-state index < -0.39 is 0 Å². The van der Waals surface area contributed by atoms with Crippen LogP contribution >= 0.6 is 23.3 Å². The number of nitrogens with zero attached hydrogens (tertiary/aromatic N) is 3. The van der Waals surface area contributed by atoms with Crippen LogP contribution < -0.4 is 4.72 Å². The van der Waals surface area contributed by atoms with E-state index in [-0.39, 0.29) is 5.91 Å². The van der Waals surface area contributed by atoms with Crippen molar-refractivity contribution < 1.29 is 4.79 Å². The molecule has 0 spiro atoms. The summed E-state index contributed by atoms with van der Waals surface area (Å²) >= 11 is 3.37. The maximum absolute atomic E-state index is 13.0. The van der Waals surface area contributed by atoms with Gasteiger partial charge in [0, 0.05) is 48.4 Å². The Bertz CT molecular complexity index is 1130. The minimum absolute atomic E-state index is 0.0131. The molecule has 0 atom stereocenters. The van der Waals surface area contributed by atoms with E-state index >= 15 is 0 Å². The number of fused-ring (bicyclic) bond motifs is 1. The highest BCUT2D eigenvalue weighted by molar-refractivity contribution is 7.97. The van der Waals surface area contributed by atoms with Crippen LogP contribution in [0.15, 0.2) is 35.7 Å². The zero-order valence-electron chi connectivity index (χ0n) is 21.1. The number of hydrogen-bond donors (Lipinski definition) is 1. The summed E-state index contributed by atoms with van der Waals surface area (Å²) < 4.78 is 5.61. The van der Waals surface area contributed by atoms with Gasteiger partial charge in [-0.05, 0) is 75.0 Å². The van der Waals surface area contributed by atoms with Crippen molar-refractivity contribution in [2.45, 2.75) is 51.0 Å². The molecule has 1 aliphatic heterocycles. The van der Waals surface area contributed by atoms with Crippen LogP contribution in [0.4, 0.5) is 0 Å². The van der Waals surface area contributed by atoms with Crippen molar-refractivity contribution in [3.05, 3.63) is 46.8 Å². The zero-order chi connectivity index (χ0) is 24.2. The molecule has 0 radical (unpaired) electrons. The molecule has 2 aliphatic rings. The van der Waals surface area contributed by atoms with Gasteiger partial charge in [-0.3, -0.25) is 9.52 Å². The minimum Gasteiger partial charge on any atom is -0.338 e. The third-order valence-electron chi connectivity index (χ3n) is 7.65. The number of thiophene rings is 1. The van der Waals surface area contributed by atoms with Crippen LogP contribution in [0, 0.1) is 0 Å². The molecule has 2 bridgehead atoms. The van der Waals surface area contributed by atoms with Gasteiger partial charge in [0.2, 0.25) is 0 Å². The molecule has 1 fully saturated rings. The summed E-state index contributed by atoms with van der Waals surface area (Å²) in [7, 11) is 4.44. The van der Waals surface area contributed by atoms with E-state index in [2.05, 4.69) is 62.8 Å². The standard InChI is InChI=1S/C28H38N4OS2/c1-30-13-7-19-35-29-28(33)22-11-12-23-24(20-22)32(17-16-31(2)15-14-30)27(25-10-6-18-34-25)26(23)21-8-4-3-5-9-21/h6,10-12,18,20-21H,3-5,7-9,13-17,19H2,1-2H3,(H,29,33). The van der Waals surface area contributed by atoms with E-state index in [1.54, 1.807) is 0 Å². The smallest absolute Gasteiger partial charge is 0.261 e. The largest absolute Gasteiger partial charge is 0.338 e. The summed E-state index contributed by atoms with van der Waals surface area (Å²) in [5.41, 5.74) is 4.88. The molecule has 1 aliphatic carbocycles. The summed E-state index contributed by atoms with van der Waals surface area (Å²) in [6.45, 7) is 5.10. The van der Waals surface area contributed by atoms with Gasteiger partial charge < -0.3 is 14.4 Å². The minimum atomic E-state index is 0.0131. The van der Waals surface area contributed by atoms with Crippen molar-refractivity contribution in [1.82, 2.24) is 19.1 Å². The third kappa shape index (κ3) is 5.63. The molecule has 0 unspecified atom stereocenters. The van der Waals surface area contributed by atoms with Gasteiger partial charge in [-0.15, -0.1) is 11.3 Å². The highest BCUT2D eigenvalue weighted by Gasteiger charge is 2.27. The molecule has 3 aromatic rings. The summed E-state index contributed by atoms with van der Waals surface area (Å²) in [6.07, 6.45) is 7.59. The molecule has 35 heavy (non-hydrogen) atoms. The molecule has 1 N–H and O–H groups in total. The highest BCUT2D eigenvalue weighted by Crippen LogP contribution is 2.45. The monoisotopic (exact) mass is 510 g/mol. The summed E-state index contributed by atoms with van der Waals surface area (Å²) in [5.74, 6) is 1.54. The lowest BCUT2D eigenvalue weighted by molar-refractivity contribution is 0.0984. The van der Waals surface area contributed by atoms with Gasteiger partial charge in [-0.1, -0.05) is 43.3 Å². The number of likely N-dealkylation sites (N-methyl/N-ethyl adjacent to an activating group) is 2. The maximum atomic E-state index is 13.0. The second-order valence-corrected chi connectivity index (χ2v) is 12.0. The molecule has 3 heterocycles. The topological polar surface area (TPSA) is 40.5 Å². The predicted molar refractivity (Wildman–Crippen MR) is 151 cm³/mol. The molecule has 2 aromatic heterocycles. The lowest BCUT2D eigenvalue weighted by Gasteiger charge is -2.24. The van der Waals surface area contributed by atoms with Crippen molar-refractivity contribution in [3.8, 4) is 10.6 Å². The van der Waals surface area contributed by atoms with Gasteiger partial charge in [0.1, 0.15) is 0 Å². The first-order valence-corrected chi connectivity index (χ1v) is 15.0. The van der Waals surface area contributed by atoms with Crippen molar-refractivity contribution in [2.24, 2.45) is 0 Å². The number of aromatic nitrogens is 1. The number of amides is 1. The predicted octanol–water partition coefficient (Wildman–Crippen LogP) is 6.06. The Kier molecular flexibility index (Phi) is 8.18. The molecule has 1 aromatic carbocycles. The van der Waals surface area contributed by atoms with E-state index in [1.165, 1.54) is 71.1 Å². The maximum Gasteiger partial charge on any atom is 0.261 e. The second kappa shape index (κ2) is 11.5. The molecule has 188 valence electrons. The fourth-order valence-corrected chi connectivity index (χ4v) is 7.07. The average molecular weight is 511 g/mol. The van der Waals surface area contributed by atoms with Crippen LogP contribution in [0.5, 0.6) is 0 Å². The Morgan fingerprint density at radius 2 is 1.69 bits per heavy atom. The summed E-state index contributed by atoms with van der Waals surface area (Å²) in [4.78, 5) is 19.2. The fourth-order valence-electron chi connectivity index (χ4n) is 5.65. The quantitative estimate of drug-likeness (QED) is 0.425. The van der Waals surface area contributed by atoms with Gasteiger partial charge in [0.25, 0.3) is 5.91 Å². The molecule has 1 amide bonds. The molecular formula is C28H38N4OS2. The molecule has 5 rings (SSSR count). The Balaban J connectivity index is 1.62. The van der Waals surface area contributed by atoms with E-state index in [1.807, 2.05) is 17.4 Å². The normalized spacial score (nSPS) is 20.5. The van der Waals surface area contributed by atoms with Crippen molar-refractivity contribution in [1.29, 1.82) is 0 Å². The van der Waals surface area contributed by atoms with Gasteiger partial charge >= 0.3 is 0 Å². The Hall–Kier alpha value is -1.80. The van der Waals surface area contributed by atoms with Gasteiger partial charge in [-0.2, -0.15) is 0 Å². The number of hydrogen-bond acceptors (Lipinski definition) is 5. The SMILES string of the molecule is CN1CCCSNC(=O)c2ccc3c(C4CCCCC4)c(-c4cccs4)n(c3c2)CCN(C)CC1. The average Bonchev–Trinajstić information content (AvgIpc) is 3.51. The van der Waals surface area contributed by atoms with Crippen molar-refractivity contribution >= 4 is 40.1 Å². The van der Waals surface area contributed by atoms with Crippen LogP contribution in [-0.2, 0) is 6.54 Å². The first-order chi connectivity index (χ1) is 17.1. The van der Waals surface area contributed by atoms with E-state index in [0.717, 1.165) is 50.5 Å². The first-order valence-electron chi connectivity index (χ1n) is 13.1. The van der Waals surface area contributed by atoms with Gasteiger partial charge in [0.15, 0.2) is 0 Å². The number of nitrogens with one attached hydrogen (secondary N) is 1. The molecule has 1 saturated carbocycles. The van der Waals surface area contributed by atoms with Crippen LogP contribution in [0.1, 0.15) is 60.4 Å². The van der Waals surface area contributed by atoms with Crippen LogP contribution in [0.2, 0.25) is 0 Å². The number of benzene rings is 1. The molecule has 0 saturated heterocycles. The van der Waals surface area contributed by atoms with Crippen LogP contribution in [0.25, 0.3) is 21.5 Å². The lowest BCUT2D eigenvalue weighted by atomic mass is 9.82. The Morgan fingerprint density at radius 3 is 2.46 bits per heavy atom. The molecular weight excluding hydrogens is 472 g/mol. The van der Waals surface area contributed by atoms with E-state index in [9.17, 15) is 4.79 Å². The number of rotatable bonds is 2. The summed E-state index contributed by atoms with van der Waals surface area (Å²) in [5, 5.41) is 3.53. The highest BCUT2D eigenvalue weighted by atomic mass is 32.2. The van der Waals surface area contributed by atoms with E-state index in [4.69, 9.17) is 0 Å². The van der Waals surface area contributed by atoms with Gasteiger partial charge in [0.05, 0.1) is 10.6 Å². The van der Waals surface area contributed by atoms with Crippen LogP contribution in [-0.4, -0.2) is 66.3 Å². The second-order valence-electron chi connectivity index (χ2n) is 10.2. The Morgan fingerprint density at radius 1 is 0.914 bits per heavy atom. The fraction of sp³-hybridized carbons (Fsp3) is 0.536. The first kappa shape index (κ1) is 24.9. The van der Waals surface area contributed by atoms with Crippen molar-refractivity contribution in [2.75, 3.05) is 46.0 Å². The number of carbonyl (C=O) groups excluding carboxylic acids is 1. The zero-order valence-corrected chi connectivity index (χ0v) is 22.7. The van der Waals surface area contributed by atoms with Crippen molar-refractivity contribution in [3.63, 3.8) is 0 Å². The molecule has 7 heteroatoms. The number of carbonyl (C=O) groups is 1. The Labute approximate surface area is 218 Å². The lowest BCUT2D eigenvalue weighted by Crippen LogP contribution is -2.33. The van der Waals surface area contributed by atoms with E-state index in [0.29, 0.717) is 5.92 Å². The molecule has 5 nitrogen and oxygen atoms in total.